The van der Waals surface area contributed by atoms with Gasteiger partial charge < -0.3 is 24.4 Å². The van der Waals surface area contributed by atoms with Gasteiger partial charge in [0, 0.05) is 6.08 Å². The van der Waals surface area contributed by atoms with Crippen molar-refractivity contribution in [3.8, 4) is 0 Å². The summed E-state index contributed by atoms with van der Waals surface area (Å²) in [5.74, 6) is -0.595. The summed E-state index contributed by atoms with van der Waals surface area (Å²) in [6.07, 6.45) is -0.688. The number of carbonyl (C=O) groups is 1. The zero-order chi connectivity index (χ0) is 15.8. The normalized spacial score (nSPS) is 16.3. The lowest BCUT2D eigenvalue weighted by Gasteiger charge is -2.30. The van der Waals surface area contributed by atoms with Gasteiger partial charge in [-0.15, -0.1) is 0 Å². The van der Waals surface area contributed by atoms with Crippen LogP contribution in [0.2, 0.25) is 0 Å². The van der Waals surface area contributed by atoms with Crippen LogP contribution in [-0.4, -0.2) is 59.9 Å². The number of hydrogen-bond donors (Lipinski definition) is 2. The third-order valence-electron chi connectivity index (χ3n) is 2.58. The first kappa shape index (κ1) is 19.1. The number of aliphatic hydroxyl groups is 2. The van der Waals surface area contributed by atoms with Crippen LogP contribution in [0.5, 0.6) is 0 Å². The summed E-state index contributed by atoms with van der Waals surface area (Å²) in [7, 11) is 0. The van der Waals surface area contributed by atoms with Crippen LogP contribution in [0, 0.1) is 0 Å². The van der Waals surface area contributed by atoms with E-state index >= 15 is 0 Å². The number of carbonyl (C=O) groups excluding carboxylic acids is 1. The van der Waals surface area contributed by atoms with Gasteiger partial charge in [0.15, 0.2) is 0 Å². The third kappa shape index (κ3) is 8.27. The van der Waals surface area contributed by atoms with Gasteiger partial charge in [-0.25, -0.2) is 4.79 Å². The second kappa shape index (κ2) is 9.07. The van der Waals surface area contributed by atoms with Crippen molar-refractivity contribution >= 4 is 5.97 Å². The zero-order valence-electron chi connectivity index (χ0n) is 12.7. The Kier molecular flexibility index (Phi) is 8.64. The fraction of sp³-hybridized carbons (Fsp3) is 0.786. The molecule has 0 radical (unpaired) electrons. The standard InChI is InChI=1S/C14H26O6/c1-6-13(17)20-14(4,5)12(16)9-19-11(3)8-18-7-10(2)15/h6,10-12,15-16H,1,7-9H2,2-5H3. The van der Waals surface area contributed by atoms with Crippen LogP contribution in [0.25, 0.3) is 0 Å². The van der Waals surface area contributed by atoms with Crippen molar-refractivity contribution in [1.29, 1.82) is 0 Å². The van der Waals surface area contributed by atoms with Gasteiger partial charge in [0.25, 0.3) is 0 Å². The van der Waals surface area contributed by atoms with Crippen LogP contribution in [-0.2, 0) is 19.0 Å². The predicted molar refractivity (Wildman–Crippen MR) is 74.3 cm³/mol. The Balaban J connectivity index is 4.03. The lowest BCUT2D eigenvalue weighted by Crippen LogP contribution is -2.44. The van der Waals surface area contributed by atoms with E-state index < -0.39 is 23.8 Å². The maximum atomic E-state index is 11.1. The number of aliphatic hydroxyl groups excluding tert-OH is 2. The molecule has 0 aliphatic carbocycles. The van der Waals surface area contributed by atoms with E-state index in [0.717, 1.165) is 6.08 Å². The third-order valence-corrected chi connectivity index (χ3v) is 2.58. The van der Waals surface area contributed by atoms with Crippen molar-refractivity contribution in [1.82, 2.24) is 0 Å². The molecule has 3 unspecified atom stereocenters. The molecule has 0 rings (SSSR count). The summed E-state index contributed by atoms with van der Waals surface area (Å²) in [6.45, 7) is 10.5. The number of hydrogen-bond acceptors (Lipinski definition) is 6. The van der Waals surface area contributed by atoms with Crippen molar-refractivity contribution in [2.75, 3.05) is 19.8 Å². The zero-order valence-corrected chi connectivity index (χ0v) is 12.7. The molecule has 0 aromatic rings. The minimum absolute atomic E-state index is 0.0105. The molecule has 0 spiro atoms. The van der Waals surface area contributed by atoms with Crippen molar-refractivity contribution in [2.45, 2.75) is 51.6 Å². The molecular weight excluding hydrogens is 264 g/mol. The first-order chi connectivity index (χ1) is 9.19. The molecule has 2 N–H and O–H groups in total. The van der Waals surface area contributed by atoms with Gasteiger partial charge in [0.2, 0.25) is 0 Å². The Morgan fingerprint density at radius 1 is 1.25 bits per heavy atom. The Morgan fingerprint density at radius 2 is 1.85 bits per heavy atom. The SMILES string of the molecule is C=CC(=O)OC(C)(C)C(O)COC(C)COCC(C)O. The van der Waals surface area contributed by atoms with Gasteiger partial charge in [-0.1, -0.05) is 6.58 Å². The molecule has 0 saturated carbocycles. The molecule has 0 bridgehead atoms. The van der Waals surface area contributed by atoms with Gasteiger partial charge in [-0.05, 0) is 27.7 Å². The van der Waals surface area contributed by atoms with E-state index in [-0.39, 0.29) is 19.3 Å². The predicted octanol–water partition coefficient (Wildman–Crippen LogP) is 0.658. The summed E-state index contributed by atoms with van der Waals surface area (Å²) in [4.78, 5) is 11.1. The Hall–Kier alpha value is -0.950. The van der Waals surface area contributed by atoms with Gasteiger partial charge in [0.05, 0.1) is 32.0 Å². The lowest BCUT2D eigenvalue weighted by atomic mass is 10.0. The van der Waals surface area contributed by atoms with Crippen LogP contribution in [0.4, 0.5) is 0 Å². The largest absolute Gasteiger partial charge is 0.454 e. The molecule has 0 aliphatic heterocycles. The highest BCUT2D eigenvalue weighted by molar-refractivity contribution is 5.81. The summed E-state index contributed by atoms with van der Waals surface area (Å²) in [6, 6.07) is 0. The van der Waals surface area contributed by atoms with Crippen LogP contribution >= 0.6 is 0 Å². The Bertz CT molecular complexity index is 300. The van der Waals surface area contributed by atoms with Crippen LogP contribution in [0.15, 0.2) is 12.7 Å². The highest BCUT2D eigenvalue weighted by Gasteiger charge is 2.31. The summed E-state index contributed by atoms with van der Waals surface area (Å²) in [5, 5.41) is 19.0. The molecule has 0 saturated heterocycles. The van der Waals surface area contributed by atoms with E-state index in [4.69, 9.17) is 19.3 Å². The summed E-state index contributed by atoms with van der Waals surface area (Å²) in [5.41, 5.74) is -1.06. The van der Waals surface area contributed by atoms with Crippen LogP contribution in [0.3, 0.4) is 0 Å². The van der Waals surface area contributed by atoms with E-state index in [2.05, 4.69) is 6.58 Å². The average molecular weight is 290 g/mol. The maximum Gasteiger partial charge on any atom is 0.330 e. The molecule has 6 heteroatoms. The van der Waals surface area contributed by atoms with Crippen LogP contribution in [0.1, 0.15) is 27.7 Å². The van der Waals surface area contributed by atoms with Crippen molar-refractivity contribution in [3.63, 3.8) is 0 Å². The smallest absolute Gasteiger partial charge is 0.330 e. The van der Waals surface area contributed by atoms with E-state index in [1.165, 1.54) is 0 Å². The molecular formula is C14H26O6. The number of esters is 1. The molecule has 0 heterocycles. The van der Waals surface area contributed by atoms with Crippen molar-refractivity contribution < 1.29 is 29.2 Å². The molecule has 0 aromatic heterocycles. The number of ether oxygens (including phenoxy) is 3. The average Bonchev–Trinajstić information content (AvgIpc) is 2.34. The van der Waals surface area contributed by atoms with E-state index in [0.29, 0.717) is 6.61 Å². The quantitative estimate of drug-likeness (QED) is 0.454. The maximum absolute atomic E-state index is 11.1. The van der Waals surface area contributed by atoms with Crippen molar-refractivity contribution in [3.05, 3.63) is 12.7 Å². The molecule has 0 amide bonds. The van der Waals surface area contributed by atoms with Crippen LogP contribution < -0.4 is 0 Å². The summed E-state index contributed by atoms with van der Waals surface area (Å²) >= 11 is 0. The topological polar surface area (TPSA) is 85.2 Å². The molecule has 0 aliphatic rings. The first-order valence-electron chi connectivity index (χ1n) is 6.60. The van der Waals surface area contributed by atoms with E-state index in [1.54, 1.807) is 27.7 Å². The highest BCUT2D eigenvalue weighted by atomic mass is 16.6. The Labute approximate surface area is 120 Å². The highest BCUT2D eigenvalue weighted by Crippen LogP contribution is 2.16. The van der Waals surface area contributed by atoms with E-state index in [9.17, 15) is 9.90 Å². The second-order valence-electron chi connectivity index (χ2n) is 5.27. The van der Waals surface area contributed by atoms with Gasteiger partial charge >= 0.3 is 5.97 Å². The monoisotopic (exact) mass is 290 g/mol. The van der Waals surface area contributed by atoms with E-state index in [1.807, 2.05) is 0 Å². The summed E-state index contributed by atoms with van der Waals surface area (Å²) < 4.78 is 15.7. The van der Waals surface area contributed by atoms with Gasteiger partial charge in [-0.2, -0.15) is 0 Å². The fourth-order valence-corrected chi connectivity index (χ4v) is 1.28. The molecule has 0 fully saturated rings. The fourth-order valence-electron chi connectivity index (χ4n) is 1.28. The van der Waals surface area contributed by atoms with Gasteiger partial charge in [0.1, 0.15) is 11.7 Å². The minimum atomic E-state index is -1.06. The first-order valence-corrected chi connectivity index (χ1v) is 6.60. The molecule has 6 nitrogen and oxygen atoms in total. The number of rotatable bonds is 10. The lowest BCUT2D eigenvalue weighted by molar-refractivity contribution is -0.168. The Morgan fingerprint density at radius 3 is 2.35 bits per heavy atom. The molecule has 0 aromatic carbocycles. The molecule has 20 heavy (non-hydrogen) atoms. The molecule has 3 atom stereocenters. The molecule has 118 valence electrons. The minimum Gasteiger partial charge on any atom is -0.454 e. The second-order valence-corrected chi connectivity index (χ2v) is 5.27. The van der Waals surface area contributed by atoms with Gasteiger partial charge in [-0.3, -0.25) is 0 Å². The van der Waals surface area contributed by atoms with Crippen molar-refractivity contribution in [2.24, 2.45) is 0 Å².